The molecule has 29 heavy (non-hydrogen) atoms. The quantitative estimate of drug-likeness (QED) is 0.709. The minimum Gasteiger partial charge on any atom is -0.351 e. The highest BCUT2D eigenvalue weighted by atomic mass is 32.2. The summed E-state index contributed by atoms with van der Waals surface area (Å²) in [5, 5.41) is 7.66. The van der Waals surface area contributed by atoms with Crippen LogP contribution in [0.1, 0.15) is 60.4 Å². The maximum absolute atomic E-state index is 13.1. The van der Waals surface area contributed by atoms with Crippen LogP contribution >= 0.6 is 0 Å². The van der Waals surface area contributed by atoms with E-state index in [2.05, 4.69) is 16.4 Å². The molecule has 5 N–H and O–H groups in total. The topological polar surface area (TPSA) is 111 Å². The fraction of sp³-hybridized carbons (Fsp3) is 0.429. The molecule has 8 heteroatoms. The minimum absolute atomic E-state index is 0.190. The van der Waals surface area contributed by atoms with Gasteiger partial charge in [-0.25, -0.2) is 23.5 Å². The lowest BCUT2D eigenvalue weighted by Gasteiger charge is -2.14. The Bertz CT molecular complexity index is 930. The van der Waals surface area contributed by atoms with Crippen molar-refractivity contribution in [3.8, 4) is 0 Å². The van der Waals surface area contributed by atoms with E-state index >= 15 is 0 Å². The highest BCUT2D eigenvalue weighted by molar-refractivity contribution is 7.82. The number of urea groups is 1. The summed E-state index contributed by atoms with van der Waals surface area (Å²) in [7, 11) is -1.85. The van der Waals surface area contributed by atoms with Crippen molar-refractivity contribution in [2.45, 2.75) is 63.3 Å². The first-order valence-corrected chi connectivity index (χ1v) is 11.0. The van der Waals surface area contributed by atoms with E-state index in [1.807, 2.05) is 13.8 Å². The summed E-state index contributed by atoms with van der Waals surface area (Å²) in [4.78, 5) is 14.8. The fourth-order valence-corrected chi connectivity index (χ4v) is 4.40. The normalized spacial score (nSPS) is 15.3. The second-order valence-corrected chi connectivity index (χ2v) is 8.71. The van der Waals surface area contributed by atoms with Crippen molar-refractivity contribution in [1.29, 1.82) is 0 Å². The number of carbonyl (C=O) groups excluding carboxylic acids is 1. The predicted octanol–water partition coefficient (Wildman–Crippen LogP) is 3.48. The Labute approximate surface area is 172 Å². The predicted molar refractivity (Wildman–Crippen MR) is 113 cm³/mol. The number of fused-ring (bicyclic) bond motifs is 2. The molecule has 0 fully saturated rings. The van der Waals surface area contributed by atoms with E-state index in [0.29, 0.717) is 0 Å². The molecular formula is C21H27FN4O2S. The van der Waals surface area contributed by atoms with Gasteiger partial charge in [0.1, 0.15) is 11.0 Å². The molecule has 0 saturated heterocycles. The molecule has 156 valence electrons. The number of primary amides is 1. The average molecular weight is 419 g/mol. The number of nitrogens with zero attached hydrogens (tertiary/aromatic N) is 1. The SMILES string of the molecule is CC(C)c1cnc(S(N)=O)c(F)c1.NC(=O)Nc1c2c(cc3c1CCC3)CCC2. The second kappa shape index (κ2) is 9.00. The van der Waals surface area contributed by atoms with Crippen molar-refractivity contribution in [2.24, 2.45) is 10.9 Å². The molecule has 0 bridgehead atoms. The van der Waals surface area contributed by atoms with Crippen LogP contribution in [0.3, 0.4) is 0 Å². The highest BCUT2D eigenvalue weighted by Gasteiger charge is 2.24. The minimum atomic E-state index is -1.85. The molecule has 6 nitrogen and oxygen atoms in total. The van der Waals surface area contributed by atoms with Crippen molar-refractivity contribution >= 4 is 22.7 Å². The molecule has 2 aliphatic rings. The molecule has 2 aromatic rings. The standard InChI is InChI=1S/C13H16N2O.C8H11FN2OS/c14-13(16)15-12-10-5-1-3-8(10)7-9-4-2-6-11(9)12;1-5(2)6-3-7(9)8(11-4-6)13(10)12/h7H,1-6H2,(H3,14,15,16);3-5H,10H2,1-2H3. The van der Waals surface area contributed by atoms with Crippen molar-refractivity contribution in [3.63, 3.8) is 0 Å². The van der Waals surface area contributed by atoms with Crippen LogP contribution in [0, 0.1) is 5.82 Å². The molecule has 1 atom stereocenters. The monoisotopic (exact) mass is 418 g/mol. The Hall–Kier alpha value is -2.32. The lowest BCUT2D eigenvalue weighted by atomic mass is 9.99. The van der Waals surface area contributed by atoms with Crippen LogP contribution < -0.4 is 16.2 Å². The molecule has 2 aliphatic carbocycles. The number of amides is 2. The maximum atomic E-state index is 13.1. The highest BCUT2D eigenvalue weighted by Crippen LogP contribution is 2.38. The Morgan fingerprint density at radius 1 is 1.14 bits per heavy atom. The molecule has 0 radical (unpaired) electrons. The lowest BCUT2D eigenvalue weighted by molar-refractivity contribution is 0.259. The van der Waals surface area contributed by atoms with Crippen LogP contribution in [0.15, 0.2) is 23.4 Å². The van der Waals surface area contributed by atoms with Gasteiger partial charge in [0.2, 0.25) is 0 Å². The summed E-state index contributed by atoms with van der Waals surface area (Å²) in [6.07, 6.45) is 8.35. The summed E-state index contributed by atoms with van der Waals surface area (Å²) in [5.74, 6) is -0.408. The summed E-state index contributed by atoms with van der Waals surface area (Å²) in [6.45, 7) is 3.85. The number of pyridine rings is 1. The molecule has 0 aliphatic heterocycles. The third kappa shape index (κ3) is 4.82. The van der Waals surface area contributed by atoms with E-state index in [-0.39, 0.29) is 10.9 Å². The fourth-order valence-electron chi connectivity index (χ4n) is 3.99. The van der Waals surface area contributed by atoms with E-state index in [0.717, 1.165) is 36.9 Å². The first-order valence-electron chi connectivity index (χ1n) is 9.82. The number of anilines is 1. The zero-order valence-corrected chi connectivity index (χ0v) is 17.6. The van der Waals surface area contributed by atoms with Crippen molar-refractivity contribution in [3.05, 3.63) is 52.0 Å². The largest absolute Gasteiger partial charge is 0.351 e. The average Bonchev–Trinajstić information content (AvgIpc) is 3.30. The van der Waals surface area contributed by atoms with Gasteiger partial charge in [-0.1, -0.05) is 19.9 Å². The smallest absolute Gasteiger partial charge is 0.316 e. The van der Waals surface area contributed by atoms with Gasteiger partial charge in [-0.15, -0.1) is 0 Å². The number of halogens is 1. The zero-order valence-electron chi connectivity index (χ0n) is 16.8. The molecule has 2 amide bonds. The van der Waals surface area contributed by atoms with Crippen molar-refractivity contribution < 1.29 is 13.4 Å². The van der Waals surface area contributed by atoms with E-state index in [1.54, 1.807) is 0 Å². The Morgan fingerprint density at radius 3 is 2.17 bits per heavy atom. The van der Waals surface area contributed by atoms with E-state index in [4.69, 9.17) is 10.9 Å². The van der Waals surface area contributed by atoms with Gasteiger partial charge in [0, 0.05) is 11.9 Å². The van der Waals surface area contributed by atoms with E-state index in [1.165, 1.54) is 47.4 Å². The molecule has 1 aromatic heterocycles. The number of benzene rings is 1. The van der Waals surface area contributed by atoms with Gasteiger partial charge < -0.3 is 11.1 Å². The van der Waals surface area contributed by atoms with Gasteiger partial charge in [0.25, 0.3) is 0 Å². The molecule has 0 spiro atoms. The molecule has 0 saturated carbocycles. The van der Waals surface area contributed by atoms with Gasteiger partial charge in [-0.3, -0.25) is 0 Å². The summed E-state index contributed by atoms with van der Waals surface area (Å²) in [6, 6.07) is 3.23. The van der Waals surface area contributed by atoms with Gasteiger partial charge in [-0.05, 0) is 78.3 Å². The number of aromatic nitrogens is 1. The zero-order chi connectivity index (χ0) is 21.1. The van der Waals surface area contributed by atoms with Crippen LogP contribution in [0.4, 0.5) is 14.9 Å². The third-order valence-electron chi connectivity index (χ3n) is 5.41. The molecule has 4 rings (SSSR count). The number of nitrogens with two attached hydrogens (primary N) is 2. The molecule has 1 heterocycles. The summed E-state index contributed by atoms with van der Waals surface area (Å²) < 4.78 is 23.9. The Morgan fingerprint density at radius 2 is 1.72 bits per heavy atom. The van der Waals surface area contributed by atoms with Gasteiger partial charge >= 0.3 is 6.03 Å². The number of aryl methyl sites for hydroxylation is 2. The molecular weight excluding hydrogens is 391 g/mol. The number of carbonyl (C=O) groups is 1. The Balaban J connectivity index is 0.000000170. The van der Waals surface area contributed by atoms with Crippen molar-refractivity contribution in [1.82, 2.24) is 4.98 Å². The van der Waals surface area contributed by atoms with Crippen LogP contribution in [0.5, 0.6) is 0 Å². The third-order valence-corrected chi connectivity index (χ3v) is 6.09. The lowest BCUT2D eigenvalue weighted by Crippen LogP contribution is -2.21. The van der Waals surface area contributed by atoms with Crippen LogP contribution in [-0.2, 0) is 36.7 Å². The second-order valence-electron chi connectivity index (χ2n) is 7.73. The number of nitrogens with one attached hydrogen (secondary N) is 1. The number of rotatable bonds is 3. The maximum Gasteiger partial charge on any atom is 0.316 e. The first-order chi connectivity index (χ1) is 13.8. The molecule has 1 aromatic carbocycles. The van der Waals surface area contributed by atoms with Crippen LogP contribution in [0.25, 0.3) is 0 Å². The first kappa shape index (κ1) is 21.4. The van der Waals surface area contributed by atoms with Crippen LogP contribution in [0.2, 0.25) is 0 Å². The van der Waals surface area contributed by atoms with Gasteiger partial charge in [0.05, 0.1) is 0 Å². The summed E-state index contributed by atoms with van der Waals surface area (Å²) in [5.41, 5.74) is 12.6. The molecule has 1 unspecified atom stereocenters. The van der Waals surface area contributed by atoms with Crippen LogP contribution in [-0.4, -0.2) is 15.2 Å². The number of hydrogen-bond acceptors (Lipinski definition) is 3. The van der Waals surface area contributed by atoms with E-state index in [9.17, 15) is 13.4 Å². The van der Waals surface area contributed by atoms with Crippen molar-refractivity contribution in [2.75, 3.05) is 5.32 Å². The van der Waals surface area contributed by atoms with E-state index < -0.39 is 22.8 Å². The van der Waals surface area contributed by atoms with Gasteiger partial charge in [-0.2, -0.15) is 0 Å². The Kier molecular flexibility index (Phi) is 6.64. The van der Waals surface area contributed by atoms with Gasteiger partial charge in [0.15, 0.2) is 10.8 Å². The number of hydrogen-bond donors (Lipinski definition) is 3. The summed E-state index contributed by atoms with van der Waals surface area (Å²) >= 11 is 0.